The number of aromatic nitrogens is 1. The maximum absolute atomic E-state index is 11.1. The number of hydrogen-bond donors (Lipinski definition) is 1. The number of pyridine rings is 1. The van der Waals surface area contributed by atoms with E-state index in [0.29, 0.717) is 5.39 Å². The molecule has 0 aliphatic carbocycles. The van der Waals surface area contributed by atoms with Gasteiger partial charge in [-0.25, -0.2) is 4.79 Å². The van der Waals surface area contributed by atoms with Gasteiger partial charge in [-0.05, 0) is 32.0 Å². The fraction of sp³-hybridized carbons (Fsp3) is 0.333. The number of nitrogens with zero attached hydrogens (tertiary/aromatic N) is 2. The Kier molecular flexibility index (Phi) is 7.62. The summed E-state index contributed by atoms with van der Waals surface area (Å²) in [4.78, 5) is 35.3. The first-order valence-electron chi connectivity index (χ1n) is 7.61. The Morgan fingerprint density at radius 3 is 2.74 bits per heavy atom. The SMILES string of the molecule is CC(C)OC(=O)OCOP(O)OCOc1ccc([N+](=O)[O-])c2cccnc12. The van der Waals surface area contributed by atoms with E-state index in [-0.39, 0.29) is 23.1 Å². The third-order valence-electron chi connectivity index (χ3n) is 2.96. The van der Waals surface area contributed by atoms with Gasteiger partial charge in [0.25, 0.3) is 5.69 Å². The van der Waals surface area contributed by atoms with Crippen molar-refractivity contribution in [3.8, 4) is 5.75 Å². The van der Waals surface area contributed by atoms with Crippen LogP contribution in [0.3, 0.4) is 0 Å². The molecule has 1 aromatic heterocycles. The van der Waals surface area contributed by atoms with Crippen LogP contribution in [-0.4, -0.2) is 40.6 Å². The summed E-state index contributed by atoms with van der Waals surface area (Å²) in [5.74, 6) is 0.233. The lowest BCUT2D eigenvalue weighted by Crippen LogP contribution is -2.14. The third-order valence-corrected chi connectivity index (χ3v) is 3.61. The summed E-state index contributed by atoms with van der Waals surface area (Å²) in [6.07, 6.45) is 0.186. The van der Waals surface area contributed by atoms with Crippen LogP contribution in [0.4, 0.5) is 10.5 Å². The van der Waals surface area contributed by atoms with Crippen LogP contribution < -0.4 is 4.74 Å². The molecular formula is C15H17N2O9P. The van der Waals surface area contributed by atoms with Crippen molar-refractivity contribution in [2.75, 3.05) is 13.6 Å². The molecule has 0 aliphatic rings. The summed E-state index contributed by atoms with van der Waals surface area (Å²) in [7, 11) is -2.37. The minimum absolute atomic E-state index is 0.107. The van der Waals surface area contributed by atoms with Crippen LogP contribution in [-0.2, 0) is 18.5 Å². The maximum Gasteiger partial charge on any atom is 0.510 e. The van der Waals surface area contributed by atoms with Crippen molar-refractivity contribution in [2.45, 2.75) is 20.0 Å². The molecule has 0 fully saturated rings. The van der Waals surface area contributed by atoms with Crippen molar-refractivity contribution in [3.05, 3.63) is 40.6 Å². The van der Waals surface area contributed by atoms with E-state index in [1.54, 1.807) is 26.0 Å². The van der Waals surface area contributed by atoms with Crippen molar-refractivity contribution < 1.29 is 37.9 Å². The lowest BCUT2D eigenvalue weighted by atomic mass is 10.1. The lowest BCUT2D eigenvalue weighted by Gasteiger charge is -2.13. The van der Waals surface area contributed by atoms with Gasteiger partial charge in [-0.2, -0.15) is 0 Å². The monoisotopic (exact) mass is 400 g/mol. The molecule has 0 spiro atoms. The molecule has 27 heavy (non-hydrogen) atoms. The summed E-state index contributed by atoms with van der Waals surface area (Å²) in [5.41, 5.74) is 0.169. The van der Waals surface area contributed by atoms with E-state index in [1.165, 1.54) is 18.3 Å². The van der Waals surface area contributed by atoms with Gasteiger partial charge >= 0.3 is 14.8 Å². The molecule has 1 N–H and O–H groups in total. The zero-order chi connectivity index (χ0) is 19.8. The molecule has 1 aromatic carbocycles. The van der Waals surface area contributed by atoms with Crippen LogP contribution in [0.1, 0.15) is 13.8 Å². The van der Waals surface area contributed by atoms with E-state index in [0.717, 1.165) is 0 Å². The van der Waals surface area contributed by atoms with E-state index < -0.39 is 33.3 Å². The highest BCUT2D eigenvalue weighted by atomic mass is 31.2. The van der Waals surface area contributed by atoms with Gasteiger partial charge in [-0.15, -0.1) is 0 Å². The van der Waals surface area contributed by atoms with E-state index in [2.05, 4.69) is 9.72 Å². The Bertz CT molecular complexity index is 802. The molecule has 2 aromatic rings. The average molecular weight is 400 g/mol. The molecule has 146 valence electrons. The topological polar surface area (TPSA) is 139 Å². The number of benzene rings is 1. The number of nitro groups is 1. The molecule has 0 saturated heterocycles. The van der Waals surface area contributed by atoms with Gasteiger partial charge in [0, 0.05) is 12.3 Å². The Balaban J connectivity index is 1.84. The quantitative estimate of drug-likeness (QED) is 0.219. The number of rotatable bonds is 9. The Labute approximate surface area is 154 Å². The first-order chi connectivity index (χ1) is 12.9. The van der Waals surface area contributed by atoms with Crippen LogP contribution in [0.5, 0.6) is 5.75 Å². The van der Waals surface area contributed by atoms with Crippen molar-refractivity contribution in [3.63, 3.8) is 0 Å². The summed E-state index contributed by atoms with van der Waals surface area (Å²) >= 11 is 0. The first-order valence-corrected chi connectivity index (χ1v) is 8.74. The molecule has 2 rings (SSSR count). The Morgan fingerprint density at radius 2 is 2.04 bits per heavy atom. The molecule has 0 aliphatic heterocycles. The van der Waals surface area contributed by atoms with Gasteiger partial charge in [0.2, 0.25) is 6.79 Å². The Morgan fingerprint density at radius 1 is 1.30 bits per heavy atom. The molecule has 0 bridgehead atoms. The molecule has 1 atom stereocenters. The van der Waals surface area contributed by atoms with Crippen LogP contribution >= 0.6 is 8.60 Å². The van der Waals surface area contributed by atoms with Crippen LogP contribution in [0.2, 0.25) is 0 Å². The number of hydrogen-bond acceptors (Lipinski definition) is 10. The van der Waals surface area contributed by atoms with E-state index in [4.69, 9.17) is 18.5 Å². The maximum atomic E-state index is 11.1. The molecule has 1 unspecified atom stereocenters. The largest absolute Gasteiger partial charge is 0.510 e. The fourth-order valence-corrected chi connectivity index (χ4v) is 2.29. The van der Waals surface area contributed by atoms with Crippen molar-refractivity contribution in [2.24, 2.45) is 0 Å². The second-order valence-electron chi connectivity index (χ2n) is 5.18. The minimum Gasteiger partial charge on any atom is -0.465 e. The molecule has 11 nitrogen and oxygen atoms in total. The number of carbonyl (C=O) groups is 1. The standard InChI is InChI=1S/C15H17N2O9P/c1-10(2)26-15(18)23-9-25-27(21)24-8-22-13-6-5-12(17(19)20)11-4-3-7-16-14(11)13/h3-7,10,21H,8-9H2,1-2H3. The van der Waals surface area contributed by atoms with Gasteiger partial charge in [0.05, 0.1) is 16.4 Å². The number of nitro benzene ring substituents is 1. The molecule has 0 radical (unpaired) electrons. The van der Waals surface area contributed by atoms with Gasteiger partial charge < -0.3 is 19.1 Å². The summed E-state index contributed by atoms with van der Waals surface area (Å²) in [6.45, 7) is 2.33. The summed E-state index contributed by atoms with van der Waals surface area (Å²) in [6, 6.07) is 5.78. The fourth-order valence-electron chi connectivity index (χ4n) is 1.93. The summed E-state index contributed by atoms with van der Waals surface area (Å²) in [5, 5.41) is 11.4. The molecular weight excluding hydrogens is 383 g/mol. The van der Waals surface area contributed by atoms with Gasteiger partial charge in [0.1, 0.15) is 11.3 Å². The van der Waals surface area contributed by atoms with E-state index >= 15 is 0 Å². The number of non-ortho nitro benzene ring substituents is 1. The summed E-state index contributed by atoms with van der Waals surface area (Å²) < 4.78 is 24.3. The minimum atomic E-state index is -2.37. The number of ether oxygens (including phenoxy) is 3. The van der Waals surface area contributed by atoms with Crippen molar-refractivity contribution >= 4 is 31.3 Å². The van der Waals surface area contributed by atoms with Gasteiger partial charge in [-0.3, -0.25) is 24.1 Å². The number of fused-ring (bicyclic) bond motifs is 1. The smallest absolute Gasteiger partial charge is 0.465 e. The van der Waals surface area contributed by atoms with Crippen LogP contribution in [0, 0.1) is 10.1 Å². The second kappa shape index (κ2) is 9.93. The first kappa shape index (κ1) is 20.7. The average Bonchev–Trinajstić information content (AvgIpc) is 2.60. The molecule has 12 heteroatoms. The zero-order valence-corrected chi connectivity index (χ0v) is 15.3. The highest BCUT2D eigenvalue weighted by molar-refractivity contribution is 7.40. The third kappa shape index (κ3) is 6.26. The van der Waals surface area contributed by atoms with Gasteiger partial charge in [0.15, 0.2) is 6.79 Å². The molecule has 1 heterocycles. The van der Waals surface area contributed by atoms with Crippen LogP contribution in [0.25, 0.3) is 10.9 Å². The highest BCUT2D eigenvalue weighted by Crippen LogP contribution is 2.34. The zero-order valence-electron chi connectivity index (χ0n) is 14.4. The molecule has 0 saturated carbocycles. The van der Waals surface area contributed by atoms with Crippen molar-refractivity contribution in [1.29, 1.82) is 0 Å². The molecule has 0 amide bonds. The highest BCUT2D eigenvalue weighted by Gasteiger charge is 2.16. The second-order valence-corrected chi connectivity index (χ2v) is 6.17. The lowest BCUT2D eigenvalue weighted by molar-refractivity contribution is -0.383. The number of carbonyl (C=O) groups excluding carboxylic acids is 1. The van der Waals surface area contributed by atoms with E-state index in [9.17, 15) is 19.8 Å². The van der Waals surface area contributed by atoms with E-state index in [1.807, 2.05) is 0 Å². The predicted molar refractivity (Wildman–Crippen MR) is 92.8 cm³/mol. The van der Waals surface area contributed by atoms with Gasteiger partial charge in [-0.1, -0.05) is 0 Å². The van der Waals surface area contributed by atoms with Crippen molar-refractivity contribution in [1.82, 2.24) is 4.98 Å². The normalized spacial score (nSPS) is 12.0. The Hall–Kier alpha value is -2.59. The predicted octanol–water partition coefficient (Wildman–Crippen LogP) is 3.25. The van der Waals surface area contributed by atoms with Crippen LogP contribution in [0.15, 0.2) is 30.5 Å².